The second-order valence-electron chi connectivity index (χ2n) is 8.91. The van der Waals surface area contributed by atoms with Crippen molar-refractivity contribution in [3.63, 3.8) is 0 Å². The van der Waals surface area contributed by atoms with E-state index in [0.717, 1.165) is 43.4 Å². The second-order valence-corrected chi connectivity index (χ2v) is 10.0. The number of esters is 1. The van der Waals surface area contributed by atoms with Gasteiger partial charge in [0, 0.05) is 16.9 Å². The normalized spacial score (nSPS) is 15.9. The van der Waals surface area contributed by atoms with Gasteiger partial charge in [-0.1, -0.05) is 67.6 Å². The molecule has 5 nitrogen and oxygen atoms in total. The summed E-state index contributed by atoms with van der Waals surface area (Å²) in [5, 5.41) is 5.82. The lowest BCUT2D eigenvalue weighted by Gasteiger charge is -2.18. The van der Waals surface area contributed by atoms with Crippen molar-refractivity contribution in [1.82, 2.24) is 0 Å². The monoisotopic (exact) mass is 477 g/mol. The summed E-state index contributed by atoms with van der Waals surface area (Å²) in [5.74, 6) is 0.124. The Hall–Kier alpha value is -2.96. The van der Waals surface area contributed by atoms with E-state index in [0.29, 0.717) is 23.1 Å². The SMILES string of the molecule is CCOC(=O)c1c(NC(=O)[C@@H]([NH2+]CCc2ccccc2)c2ccccc2)sc2c1CC[C@H](C)C2. The highest BCUT2D eigenvalue weighted by Crippen LogP contribution is 2.40. The first-order valence-corrected chi connectivity index (χ1v) is 12.9. The molecular formula is C28H33N2O3S+. The number of anilines is 1. The molecule has 0 saturated heterocycles. The van der Waals surface area contributed by atoms with E-state index in [1.807, 2.05) is 55.5 Å². The van der Waals surface area contributed by atoms with E-state index in [-0.39, 0.29) is 11.9 Å². The lowest BCUT2D eigenvalue weighted by atomic mass is 9.88. The van der Waals surface area contributed by atoms with Gasteiger partial charge in [-0.2, -0.15) is 0 Å². The average molecular weight is 478 g/mol. The highest BCUT2D eigenvalue weighted by Gasteiger charge is 2.31. The summed E-state index contributed by atoms with van der Waals surface area (Å²) in [6, 6.07) is 19.7. The minimum Gasteiger partial charge on any atom is -0.462 e. The molecule has 0 spiro atoms. The zero-order valence-corrected chi connectivity index (χ0v) is 20.7. The first kappa shape index (κ1) is 24.2. The van der Waals surface area contributed by atoms with Crippen molar-refractivity contribution in [2.75, 3.05) is 18.5 Å². The van der Waals surface area contributed by atoms with Crippen LogP contribution in [0.4, 0.5) is 5.00 Å². The summed E-state index contributed by atoms with van der Waals surface area (Å²) in [5.41, 5.74) is 3.80. The maximum atomic E-state index is 13.6. The van der Waals surface area contributed by atoms with Gasteiger partial charge in [0.2, 0.25) is 0 Å². The molecule has 4 rings (SSSR count). The zero-order chi connectivity index (χ0) is 23.9. The number of rotatable bonds is 9. The molecule has 1 aliphatic rings. The Morgan fingerprint density at radius 1 is 1.12 bits per heavy atom. The van der Waals surface area contributed by atoms with Crippen LogP contribution in [0.2, 0.25) is 0 Å². The van der Waals surface area contributed by atoms with Crippen LogP contribution in [-0.4, -0.2) is 25.0 Å². The topological polar surface area (TPSA) is 72.0 Å². The first-order chi connectivity index (χ1) is 16.6. The summed E-state index contributed by atoms with van der Waals surface area (Å²) < 4.78 is 5.37. The predicted octanol–water partition coefficient (Wildman–Crippen LogP) is 4.54. The van der Waals surface area contributed by atoms with E-state index >= 15 is 0 Å². The molecule has 34 heavy (non-hydrogen) atoms. The third-order valence-corrected chi connectivity index (χ3v) is 7.52. The predicted molar refractivity (Wildman–Crippen MR) is 136 cm³/mol. The van der Waals surface area contributed by atoms with Gasteiger partial charge in [0.25, 0.3) is 5.91 Å². The number of nitrogens with one attached hydrogen (secondary N) is 1. The molecule has 0 radical (unpaired) electrons. The van der Waals surface area contributed by atoms with Crippen molar-refractivity contribution in [3.8, 4) is 0 Å². The van der Waals surface area contributed by atoms with Crippen molar-refractivity contribution in [3.05, 3.63) is 87.8 Å². The Morgan fingerprint density at radius 2 is 1.82 bits per heavy atom. The summed E-state index contributed by atoms with van der Waals surface area (Å²) in [6.45, 7) is 5.13. The molecule has 1 aliphatic carbocycles. The quantitative estimate of drug-likeness (QED) is 0.445. The Kier molecular flexibility index (Phi) is 8.14. The van der Waals surface area contributed by atoms with Crippen LogP contribution in [0.1, 0.15) is 58.2 Å². The van der Waals surface area contributed by atoms with Crippen LogP contribution in [0.25, 0.3) is 0 Å². The zero-order valence-electron chi connectivity index (χ0n) is 19.9. The molecule has 3 aromatic rings. The number of ether oxygens (including phenoxy) is 1. The fourth-order valence-corrected chi connectivity index (χ4v) is 5.97. The van der Waals surface area contributed by atoms with Crippen LogP contribution in [-0.2, 0) is 28.8 Å². The molecule has 3 N–H and O–H groups in total. The summed E-state index contributed by atoms with van der Waals surface area (Å²) in [6.07, 6.45) is 3.70. The summed E-state index contributed by atoms with van der Waals surface area (Å²) in [7, 11) is 0. The van der Waals surface area contributed by atoms with Crippen LogP contribution in [0.15, 0.2) is 60.7 Å². The lowest BCUT2D eigenvalue weighted by molar-refractivity contribution is -0.682. The Bertz CT molecular complexity index is 1110. The maximum absolute atomic E-state index is 13.6. The molecule has 1 heterocycles. The molecule has 0 unspecified atom stereocenters. The minimum atomic E-state index is -0.405. The third-order valence-electron chi connectivity index (χ3n) is 6.35. The highest BCUT2D eigenvalue weighted by atomic mass is 32.1. The van der Waals surface area contributed by atoms with Crippen molar-refractivity contribution in [2.45, 2.75) is 45.6 Å². The number of hydrogen-bond acceptors (Lipinski definition) is 4. The number of quaternary nitrogens is 1. The van der Waals surface area contributed by atoms with Gasteiger partial charge in [-0.05, 0) is 43.2 Å². The number of benzene rings is 2. The number of thiophene rings is 1. The van der Waals surface area contributed by atoms with Crippen molar-refractivity contribution in [2.24, 2.45) is 5.92 Å². The standard InChI is InChI=1S/C28H32N2O3S/c1-3-33-28(32)24-22-15-14-19(2)18-23(22)34-27(24)30-26(31)25(21-12-8-5-9-13-21)29-17-16-20-10-6-4-7-11-20/h4-13,19,25,29H,3,14-18H2,1-2H3,(H,30,31)/p+1/t19-,25-/m0/s1. The van der Waals surface area contributed by atoms with Gasteiger partial charge in [0.05, 0.1) is 18.7 Å². The van der Waals surface area contributed by atoms with Gasteiger partial charge in [0.15, 0.2) is 6.04 Å². The molecule has 0 saturated carbocycles. The Labute approximate surface area is 205 Å². The minimum absolute atomic E-state index is 0.114. The van der Waals surface area contributed by atoms with Crippen LogP contribution in [0.5, 0.6) is 0 Å². The van der Waals surface area contributed by atoms with E-state index in [1.54, 1.807) is 0 Å². The molecule has 1 amide bonds. The van der Waals surface area contributed by atoms with E-state index in [4.69, 9.17) is 4.74 Å². The maximum Gasteiger partial charge on any atom is 0.341 e. The van der Waals surface area contributed by atoms with E-state index in [2.05, 4.69) is 29.7 Å². The largest absolute Gasteiger partial charge is 0.462 e. The van der Waals surface area contributed by atoms with E-state index < -0.39 is 6.04 Å². The molecule has 1 aromatic heterocycles. The second kappa shape index (κ2) is 11.4. The Balaban J connectivity index is 1.56. The molecule has 2 atom stereocenters. The van der Waals surface area contributed by atoms with Gasteiger partial charge in [0.1, 0.15) is 5.00 Å². The van der Waals surface area contributed by atoms with Gasteiger partial charge in [-0.15, -0.1) is 11.3 Å². The Morgan fingerprint density at radius 3 is 2.53 bits per heavy atom. The fraction of sp³-hybridized carbons (Fsp3) is 0.357. The molecule has 2 aromatic carbocycles. The number of carbonyl (C=O) groups is 2. The van der Waals surface area contributed by atoms with Gasteiger partial charge in [-0.3, -0.25) is 4.79 Å². The highest BCUT2D eigenvalue weighted by molar-refractivity contribution is 7.17. The lowest BCUT2D eigenvalue weighted by Crippen LogP contribution is -2.87. The van der Waals surface area contributed by atoms with Crippen molar-refractivity contribution in [1.29, 1.82) is 0 Å². The molecule has 6 heteroatoms. The molecule has 178 valence electrons. The molecule has 0 fully saturated rings. The van der Waals surface area contributed by atoms with Crippen LogP contribution >= 0.6 is 11.3 Å². The first-order valence-electron chi connectivity index (χ1n) is 12.1. The van der Waals surface area contributed by atoms with Crippen LogP contribution < -0.4 is 10.6 Å². The average Bonchev–Trinajstić information content (AvgIpc) is 3.20. The van der Waals surface area contributed by atoms with E-state index in [9.17, 15) is 9.59 Å². The molecule has 0 bridgehead atoms. The van der Waals surface area contributed by atoms with Gasteiger partial charge in [-0.25, -0.2) is 4.79 Å². The van der Waals surface area contributed by atoms with Gasteiger partial charge >= 0.3 is 5.97 Å². The van der Waals surface area contributed by atoms with Crippen molar-refractivity contribution < 1.29 is 19.6 Å². The van der Waals surface area contributed by atoms with Crippen molar-refractivity contribution >= 4 is 28.2 Å². The smallest absolute Gasteiger partial charge is 0.341 e. The van der Waals surface area contributed by atoms with E-state index in [1.165, 1.54) is 21.8 Å². The number of fused-ring (bicyclic) bond motifs is 1. The molecular weight excluding hydrogens is 444 g/mol. The van der Waals surface area contributed by atoms with Gasteiger partial charge < -0.3 is 15.4 Å². The number of amides is 1. The number of nitrogens with two attached hydrogens (primary N) is 1. The summed E-state index contributed by atoms with van der Waals surface area (Å²) >= 11 is 1.53. The number of carbonyl (C=O) groups excluding carboxylic acids is 2. The van der Waals surface area contributed by atoms with Crippen LogP contribution in [0, 0.1) is 5.92 Å². The third kappa shape index (κ3) is 5.75. The molecule has 0 aliphatic heterocycles. The number of hydrogen-bond donors (Lipinski definition) is 2. The fourth-order valence-electron chi connectivity index (χ4n) is 4.56. The summed E-state index contributed by atoms with van der Waals surface area (Å²) in [4.78, 5) is 27.6. The van der Waals surface area contributed by atoms with Crippen LogP contribution in [0.3, 0.4) is 0 Å².